The number of aromatic hydroxyl groups is 1. The number of hydrogen-bond donors (Lipinski definition) is 3. The van der Waals surface area contributed by atoms with Gasteiger partial charge in [-0.2, -0.15) is 0 Å². The third-order valence-electron chi connectivity index (χ3n) is 5.08. The van der Waals surface area contributed by atoms with Crippen LogP contribution in [-0.4, -0.2) is 32.2 Å². The van der Waals surface area contributed by atoms with E-state index in [0.29, 0.717) is 21.9 Å². The van der Waals surface area contributed by atoms with Gasteiger partial charge in [0.05, 0.1) is 11.1 Å². The molecule has 0 bridgehead atoms. The van der Waals surface area contributed by atoms with Crippen LogP contribution < -0.4 is 0 Å². The maximum absolute atomic E-state index is 12.5. The van der Waals surface area contributed by atoms with E-state index in [-0.39, 0.29) is 23.5 Å². The second-order valence-corrected chi connectivity index (χ2v) is 7.24. The van der Waals surface area contributed by atoms with Crippen molar-refractivity contribution in [2.24, 2.45) is 0 Å². The van der Waals surface area contributed by atoms with Gasteiger partial charge in [0.2, 0.25) is 0 Å². The summed E-state index contributed by atoms with van der Waals surface area (Å²) in [7, 11) is 0. The number of phenols is 1. The molecule has 160 valence electrons. The summed E-state index contributed by atoms with van der Waals surface area (Å²) in [5.74, 6) is -1.68. The third kappa shape index (κ3) is 4.43. The number of aromatic carboxylic acids is 1. The predicted octanol–water partition coefficient (Wildman–Crippen LogP) is 4.08. The Morgan fingerprint density at radius 2 is 1.69 bits per heavy atom. The first-order valence-electron chi connectivity index (χ1n) is 9.76. The molecule has 7 nitrogen and oxygen atoms in total. The summed E-state index contributed by atoms with van der Waals surface area (Å²) in [5.41, 5.74) is 1.86. The van der Waals surface area contributed by atoms with E-state index in [1.165, 1.54) is 30.3 Å². The summed E-state index contributed by atoms with van der Waals surface area (Å²) in [4.78, 5) is 27.5. The van der Waals surface area contributed by atoms with E-state index in [9.17, 15) is 19.8 Å². The van der Waals surface area contributed by atoms with Gasteiger partial charge in [0.1, 0.15) is 18.5 Å². The van der Waals surface area contributed by atoms with Crippen molar-refractivity contribution in [3.8, 4) is 5.75 Å². The van der Waals surface area contributed by atoms with E-state index in [0.717, 1.165) is 5.56 Å². The summed E-state index contributed by atoms with van der Waals surface area (Å²) in [5, 5.41) is 31.5. The summed E-state index contributed by atoms with van der Waals surface area (Å²) in [6.45, 7) is 0.0938. The molecular formula is C25H19NO6. The summed E-state index contributed by atoms with van der Waals surface area (Å²) >= 11 is 0. The van der Waals surface area contributed by atoms with Gasteiger partial charge >= 0.3 is 11.9 Å². The molecule has 0 aliphatic heterocycles. The van der Waals surface area contributed by atoms with Gasteiger partial charge in [-0.25, -0.2) is 9.59 Å². The quantitative estimate of drug-likeness (QED) is 0.395. The van der Waals surface area contributed by atoms with Crippen LogP contribution in [0.1, 0.15) is 43.5 Å². The molecular weight excluding hydrogens is 410 g/mol. The van der Waals surface area contributed by atoms with Gasteiger partial charge in [-0.15, -0.1) is 0 Å². The van der Waals surface area contributed by atoms with E-state index in [1.807, 2.05) is 0 Å². The number of carbonyl (C=O) groups excluding carboxylic acids is 1. The van der Waals surface area contributed by atoms with Gasteiger partial charge in [-0.05, 0) is 58.8 Å². The monoisotopic (exact) mass is 429 g/mol. The normalized spacial score (nSPS) is 11.8. The minimum absolute atomic E-state index is 0.0938. The number of carboxylic acids is 1. The highest BCUT2D eigenvalue weighted by Gasteiger charge is 2.17. The number of aliphatic hydroxyl groups is 1. The van der Waals surface area contributed by atoms with E-state index < -0.39 is 18.0 Å². The van der Waals surface area contributed by atoms with Crippen LogP contribution in [0.5, 0.6) is 5.75 Å². The lowest BCUT2D eigenvalue weighted by atomic mass is 9.96. The van der Waals surface area contributed by atoms with Gasteiger partial charge in [0, 0.05) is 23.5 Å². The molecule has 1 heterocycles. The Morgan fingerprint density at radius 3 is 2.38 bits per heavy atom. The van der Waals surface area contributed by atoms with Crippen molar-refractivity contribution in [3.63, 3.8) is 0 Å². The van der Waals surface area contributed by atoms with Crippen LogP contribution in [0.25, 0.3) is 10.8 Å². The van der Waals surface area contributed by atoms with Crippen LogP contribution >= 0.6 is 0 Å². The number of ether oxygens (including phenoxy) is 1. The number of hydrogen-bond acceptors (Lipinski definition) is 6. The van der Waals surface area contributed by atoms with Crippen LogP contribution in [0.4, 0.5) is 0 Å². The molecule has 1 atom stereocenters. The number of rotatable bonds is 6. The molecule has 0 amide bonds. The molecule has 4 rings (SSSR count). The molecule has 3 N–H and O–H groups in total. The fourth-order valence-corrected chi connectivity index (χ4v) is 3.35. The maximum atomic E-state index is 12.5. The van der Waals surface area contributed by atoms with E-state index in [4.69, 9.17) is 9.84 Å². The highest BCUT2D eigenvalue weighted by Crippen LogP contribution is 2.33. The highest BCUT2D eigenvalue weighted by atomic mass is 16.5. The first kappa shape index (κ1) is 21.0. The molecule has 0 saturated carbocycles. The van der Waals surface area contributed by atoms with Crippen molar-refractivity contribution in [1.29, 1.82) is 0 Å². The zero-order valence-corrected chi connectivity index (χ0v) is 16.8. The van der Waals surface area contributed by atoms with E-state index >= 15 is 0 Å². The average molecular weight is 429 g/mol. The second kappa shape index (κ2) is 8.87. The minimum atomic E-state index is -1.18. The van der Waals surface area contributed by atoms with Crippen molar-refractivity contribution in [1.82, 2.24) is 4.98 Å². The molecule has 1 unspecified atom stereocenters. The minimum Gasteiger partial charge on any atom is -0.508 e. The smallest absolute Gasteiger partial charge is 0.338 e. The number of esters is 1. The molecule has 1 aromatic heterocycles. The first-order chi connectivity index (χ1) is 15.4. The molecule has 0 spiro atoms. The molecule has 0 aliphatic rings. The molecule has 0 aliphatic carbocycles. The molecule has 0 radical (unpaired) electrons. The van der Waals surface area contributed by atoms with Crippen LogP contribution in [0.2, 0.25) is 0 Å². The molecule has 0 saturated heterocycles. The molecule has 3 aromatic carbocycles. The van der Waals surface area contributed by atoms with Crippen LogP contribution in [0, 0.1) is 0 Å². The molecule has 0 fully saturated rings. The maximum Gasteiger partial charge on any atom is 0.338 e. The fraction of sp³-hybridized carbons (Fsp3) is 0.0800. The first-order valence-corrected chi connectivity index (χ1v) is 9.76. The average Bonchev–Trinajstić information content (AvgIpc) is 2.82. The van der Waals surface area contributed by atoms with Gasteiger partial charge in [0.15, 0.2) is 0 Å². The SMILES string of the molecule is O=C(O)c1ccc(C(O)c2cc3cc(C(=O)OCc4cccnc4)ccc3cc2O)cc1. The number of phenolic OH excluding ortho intramolecular Hbond substituents is 1. The number of benzene rings is 3. The molecule has 4 aromatic rings. The number of fused-ring (bicyclic) bond motifs is 1. The summed E-state index contributed by atoms with van der Waals surface area (Å²) < 4.78 is 5.34. The standard InChI is InChI=1S/C25H19NO6/c27-22-12-18-7-8-19(25(31)32-14-15-2-1-9-26-13-15)10-20(18)11-21(22)23(28)16-3-5-17(6-4-16)24(29)30/h1-13,23,27-28H,14H2,(H,29,30). The number of pyridine rings is 1. The van der Waals surface area contributed by atoms with Crippen molar-refractivity contribution in [2.75, 3.05) is 0 Å². The molecule has 32 heavy (non-hydrogen) atoms. The van der Waals surface area contributed by atoms with Crippen LogP contribution in [-0.2, 0) is 11.3 Å². The Kier molecular flexibility index (Phi) is 5.83. The topological polar surface area (TPSA) is 117 Å². The Labute approximate surface area is 183 Å². The van der Waals surface area contributed by atoms with Crippen molar-refractivity contribution in [3.05, 3.63) is 107 Å². The predicted molar refractivity (Wildman–Crippen MR) is 116 cm³/mol. The van der Waals surface area contributed by atoms with Crippen molar-refractivity contribution >= 4 is 22.7 Å². The lowest BCUT2D eigenvalue weighted by Gasteiger charge is -2.15. The largest absolute Gasteiger partial charge is 0.508 e. The number of carbonyl (C=O) groups is 2. The number of nitrogens with zero attached hydrogens (tertiary/aromatic N) is 1. The number of aliphatic hydroxyl groups excluding tert-OH is 1. The van der Waals surface area contributed by atoms with Crippen molar-refractivity contribution < 1.29 is 29.6 Å². The number of carboxylic acid groups (broad SMARTS) is 1. The van der Waals surface area contributed by atoms with Crippen LogP contribution in [0.15, 0.2) is 79.1 Å². The second-order valence-electron chi connectivity index (χ2n) is 7.24. The lowest BCUT2D eigenvalue weighted by molar-refractivity contribution is 0.0472. The fourth-order valence-electron chi connectivity index (χ4n) is 3.35. The number of aromatic nitrogens is 1. The Balaban J connectivity index is 1.59. The van der Waals surface area contributed by atoms with E-state index in [1.54, 1.807) is 48.8 Å². The zero-order chi connectivity index (χ0) is 22.7. The van der Waals surface area contributed by atoms with Crippen LogP contribution in [0.3, 0.4) is 0 Å². The summed E-state index contributed by atoms with van der Waals surface area (Å²) in [6.07, 6.45) is 2.08. The molecule has 7 heteroatoms. The lowest BCUT2D eigenvalue weighted by Crippen LogP contribution is -2.05. The Bertz CT molecular complexity index is 1290. The van der Waals surface area contributed by atoms with Gasteiger partial charge < -0.3 is 20.1 Å². The third-order valence-corrected chi connectivity index (χ3v) is 5.08. The van der Waals surface area contributed by atoms with Gasteiger partial charge in [0.25, 0.3) is 0 Å². The Morgan fingerprint density at radius 1 is 0.938 bits per heavy atom. The summed E-state index contributed by atoms with van der Waals surface area (Å²) in [6, 6.07) is 17.3. The zero-order valence-electron chi connectivity index (χ0n) is 16.8. The van der Waals surface area contributed by atoms with E-state index in [2.05, 4.69) is 4.98 Å². The van der Waals surface area contributed by atoms with Gasteiger partial charge in [-0.1, -0.05) is 24.3 Å². The Hall–Kier alpha value is -4.23. The van der Waals surface area contributed by atoms with Gasteiger partial charge in [-0.3, -0.25) is 4.98 Å². The van der Waals surface area contributed by atoms with Crippen molar-refractivity contribution in [2.45, 2.75) is 12.7 Å². The highest BCUT2D eigenvalue weighted by molar-refractivity contribution is 5.96.